The first-order valence-corrected chi connectivity index (χ1v) is 17.1. The number of amides is 2. The number of aromatic nitrogens is 4. The lowest BCUT2D eigenvalue weighted by Gasteiger charge is -2.52. The number of rotatable bonds is 11. The molecule has 5 heterocycles. The van der Waals surface area contributed by atoms with Gasteiger partial charge in [-0.1, -0.05) is 16.9 Å². The van der Waals surface area contributed by atoms with E-state index in [9.17, 15) is 24.1 Å². The number of hydrogen-bond acceptors (Lipinski definition) is 14. The molecule has 3 atom stereocenters. The topological polar surface area (TPSA) is 223 Å². The van der Waals surface area contributed by atoms with E-state index in [0.717, 1.165) is 39.7 Å². The smallest absolute Gasteiger partial charge is 0.429 e. The maximum absolute atomic E-state index is 13.2. The minimum atomic E-state index is -4.68. The fraction of sp³-hybridized carbons (Fsp3) is 0.273. The molecule has 2 aliphatic rings. The predicted octanol–water partition coefficient (Wildman–Crippen LogP) is -0.117. The molecule has 3 aromatic heterocycles. The summed E-state index contributed by atoms with van der Waals surface area (Å²) in [5, 5.41) is 22.7. The maximum Gasteiger partial charge on any atom is 0.429 e. The standard InChI is InChI=1S/C22H21N8O8PS4/c1-3-38-26-13(16-25-21(43-28-16)27-39(35,36)37)17(31)24-14-18(32)30-15(20(33)34)12(9-40-19(14)30)42-22-23-11(8-41-22)10-4-6-29(2)7-5-10/h4-9,14-15,19H,3H2,1-2H3,(H4-,24,25,27,28,31,33,34,35,36,37)/b26-13-/t14-,15?,19-/m1/s1. The summed E-state index contributed by atoms with van der Waals surface area (Å²) in [5.41, 5.74) is 1.18. The third-order valence-electron chi connectivity index (χ3n) is 5.80. The maximum atomic E-state index is 13.2. The van der Waals surface area contributed by atoms with Crippen LogP contribution in [-0.4, -0.2) is 76.6 Å². The Kier molecular flexibility index (Phi) is 9.16. The minimum Gasteiger partial charge on any atom is -0.547 e. The summed E-state index contributed by atoms with van der Waals surface area (Å²) in [5.74, 6) is -3.35. The Labute approximate surface area is 259 Å². The van der Waals surface area contributed by atoms with Crippen LogP contribution in [0.1, 0.15) is 12.7 Å². The van der Waals surface area contributed by atoms with E-state index in [0.29, 0.717) is 20.8 Å². The SMILES string of the molecule is CCO/N=C(\C(=O)N[C@@H]1C(=O)N2C(C(=O)[O-])C(Sc3nc(-c4cc[n+](C)cc4)cs3)=CS[C@H]12)c1nsc(NP(=O)(O)O)n1. The Morgan fingerprint density at radius 1 is 1.30 bits per heavy atom. The number of β-lactam (4-membered cyclic amide) rings is 1. The van der Waals surface area contributed by atoms with Crippen LogP contribution in [0.15, 0.2) is 49.7 Å². The summed E-state index contributed by atoms with van der Waals surface area (Å²) in [4.78, 5) is 71.5. The van der Waals surface area contributed by atoms with Crippen LogP contribution in [0, 0.1) is 0 Å². The van der Waals surface area contributed by atoms with Gasteiger partial charge in [0.2, 0.25) is 22.6 Å². The highest BCUT2D eigenvalue weighted by Gasteiger charge is 2.54. The van der Waals surface area contributed by atoms with E-state index in [2.05, 4.69) is 24.8 Å². The second kappa shape index (κ2) is 12.7. The van der Waals surface area contributed by atoms with Gasteiger partial charge in [-0.25, -0.2) is 14.1 Å². The quantitative estimate of drug-likeness (QED) is 0.0680. The number of pyridine rings is 1. The zero-order chi connectivity index (χ0) is 30.9. The van der Waals surface area contributed by atoms with Gasteiger partial charge in [-0.2, -0.15) is 9.36 Å². The summed E-state index contributed by atoms with van der Waals surface area (Å²) in [7, 11) is -2.78. The Morgan fingerprint density at radius 2 is 2.05 bits per heavy atom. The fourth-order valence-electron chi connectivity index (χ4n) is 3.91. The molecule has 21 heteroatoms. The molecule has 0 saturated carbocycles. The molecule has 2 amide bonds. The van der Waals surface area contributed by atoms with Crippen molar-refractivity contribution in [1.82, 2.24) is 24.6 Å². The van der Waals surface area contributed by atoms with Crippen molar-refractivity contribution in [3.63, 3.8) is 0 Å². The number of fused-ring (bicyclic) bond motifs is 1. The molecule has 3 aromatic rings. The molecule has 16 nitrogen and oxygen atoms in total. The number of anilines is 1. The first-order chi connectivity index (χ1) is 20.4. The van der Waals surface area contributed by atoms with Crippen molar-refractivity contribution in [3.05, 3.63) is 46.0 Å². The highest BCUT2D eigenvalue weighted by molar-refractivity contribution is 8.07. The van der Waals surface area contributed by atoms with Crippen LogP contribution in [0.4, 0.5) is 5.13 Å². The number of aryl methyl sites for hydroxylation is 1. The van der Waals surface area contributed by atoms with Crippen LogP contribution in [0.2, 0.25) is 0 Å². The first kappa shape index (κ1) is 31.0. The van der Waals surface area contributed by atoms with Gasteiger partial charge in [-0.05, 0) is 12.3 Å². The van der Waals surface area contributed by atoms with Crippen LogP contribution in [0.25, 0.3) is 11.3 Å². The second-order valence-electron chi connectivity index (χ2n) is 8.75. The summed E-state index contributed by atoms with van der Waals surface area (Å²) < 4.78 is 17.6. The van der Waals surface area contributed by atoms with E-state index in [-0.39, 0.29) is 17.6 Å². The molecule has 0 aliphatic carbocycles. The summed E-state index contributed by atoms with van der Waals surface area (Å²) in [6.07, 6.45) is 3.78. The average molecular weight is 685 g/mol. The van der Waals surface area contributed by atoms with Gasteiger partial charge >= 0.3 is 7.75 Å². The molecule has 1 fully saturated rings. The van der Waals surface area contributed by atoms with Crippen molar-refractivity contribution in [1.29, 1.82) is 0 Å². The molecule has 0 aromatic carbocycles. The number of carboxylic acids is 1. The van der Waals surface area contributed by atoms with Gasteiger partial charge in [0.1, 0.15) is 31.1 Å². The van der Waals surface area contributed by atoms with Crippen molar-refractivity contribution >= 4 is 82.8 Å². The molecule has 1 saturated heterocycles. The number of thiazole rings is 1. The van der Waals surface area contributed by atoms with Crippen LogP contribution in [0.3, 0.4) is 0 Å². The molecule has 4 N–H and O–H groups in total. The van der Waals surface area contributed by atoms with E-state index in [1.54, 1.807) is 12.3 Å². The lowest BCUT2D eigenvalue weighted by atomic mass is 10.0. The van der Waals surface area contributed by atoms with Crippen LogP contribution >= 0.6 is 54.1 Å². The van der Waals surface area contributed by atoms with Gasteiger partial charge in [-0.3, -0.25) is 14.7 Å². The summed E-state index contributed by atoms with van der Waals surface area (Å²) >= 11 is 4.18. The van der Waals surface area contributed by atoms with E-state index in [1.807, 2.05) is 46.6 Å². The van der Waals surface area contributed by atoms with E-state index in [4.69, 9.17) is 14.6 Å². The summed E-state index contributed by atoms with van der Waals surface area (Å²) in [6, 6.07) is 1.31. The molecular weight excluding hydrogens is 664 g/mol. The fourth-order valence-corrected chi connectivity index (χ4v) is 8.46. The molecule has 0 spiro atoms. The van der Waals surface area contributed by atoms with Crippen molar-refractivity contribution in [2.24, 2.45) is 12.2 Å². The third-order valence-corrected chi connectivity index (χ3v) is 10.4. The number of nitrogens with one attached hydrogen (secondary N) is 2. The normalized spacial score (nSPS) is 20.1. The number of carbonyl (C=O) groups is 3. The van der Waals surface area contributed by atoms with Gasteiger partial charge < -0.3 is 34.7 Å². The number of carbonyl (C=O) groups excluding carboxylic acids is 3. The van der Waals surface area contributed by atoms with E-state index in [1.165, 1.54) is 11.3 Å². The number of thioether (sulfide) groups is 2. The number of hydrogen-bond donors (Lipinski definition) is 4. The molecule has 5 rings (SSSR count). The van der Waals surface area contributed by atoms with Crippen molar-refractivity contribution in [3.8, 4) is 11.3 Å². The Balaban J connectivity index is 1.30. The largest absolute Gasteiger partial charge is 0.547 e. The lowest BCUT2D eigenvalue weighted by Crippen LogP contribution is -2.75. The van der Waals surface area contributed by atoms with Gasteiger partial charge in [0.15, 0.2) is 16.7 Å². The highest BCUT2D eigenvalue weighted by atomic mass is 32.2. The van der Waals surface area contributed by atoms with Crippen LogP contribution in [-0.2, 0) is 30.8 Å². The van der Waals surface area contributed by atoms with Crippen molar-refractivity contribution in [2.45, 2.75) is 28.7 Å². The molecular formula is C22H21N8O8PS4. The Morgan fingerprint density at radius 3 is 2.72 bits per heavy atom. The lowest BCUT2D eigenvalue weighted by molar-refractivity contribution is -0.671. The Bertz CT molecular complexity index is 1670. The van der Waals surface area contributed by atoms with Gasteiger partial charge in [0.25, 0.3) is 5.91 Å². The first-order valence-electron chi connectivity index (χ1n) is 12.1. The molecule has 0 bridgehead atoms. The predicted molar refractivity (Wildman–Crippen MR) is 155 cm³/mol. The zero-order valence-electron chi connectivity index (χ0n) is 22.0. The van der Waals surface area contributed by atoms with Gasteiger partial charge in [0, 0.05) is 39.5 Å². The van der Waals surface area contributed by atoms with Gasteiger partial charge in [0.05, 0.1) is 11.7 Å². The number of aliphatic carboxylic acids is 1. The van der Waals surface area contributed by atoms with Crippen LogP contribution in [0.5, 0.6) is 0 Å². The third kappa shape index (κ3) is 6.90. The molecule has 226 valence electrons. The molecule has 43 heavy (non-hydrogen) atoms. The average Bonchev–Trinajstić information content (AvgIpc) is 3.60. The van der Waals surface area contributed by atoms with E-state index >= 15 is 0 Å². The Hall–Kier alpha value is -3.39. The van der Waals surface area contributed by atoms with Crippen LogP contribution < -0.4 is 20.1 Å². The minimum absolute atomic E-state index is 0.0757. The number of oxime groups is 1. The molecule has 1 unspecified atom stereocenters. The number of carboxylic acid groups (broad SMARTS) is 1. The second-order valence-corrected chi connectivity index (χ2v) is 14.0. The van der Waals surface area contributed by atoms with E-state index < -0.39 is 48.7 Å². The van der Waals surface area contributed by atoms with Gasteiger partial charge in [-0.15, -0.1) is 23.1 Å². The summed E-state index contributed by atoms with van der Waals surface area (Å²) in [6.45, 7) is 1.68. The number of nitrogens with zero attached hydrogens (tertiary/aromatic N) is 6. The monoisotopic (exact) mass is 684 g/mol. The van der Waals surface area contributed by atoms with Crippen molar-refractivity contribution < 1.29 is 43.2 Å². The highest BCUT2D eigenvalue weighted by Crippen LogP contribution is 2.45. The zero-order valence-corrected chi connectivity index (χ0v) is 26.2. The molecule has 2 aliphatic heterocycles. The molecule has 0 radical (unpaired) electrons. The van der Waals surface area contributed by atoms with Crippen molar-refractivity contribution in [2.75, 3.05) is 11.7 Å².